The highest BCUT2D eigenvalue weighted by Gasteiger charge is 2.20. The Kier molecular flexibility index (Phi) is 6.25. The number of halogens is 2. The van der Waals surface area contributed by atoms with Crippen molar-refractivity contribution in [2.75, 3.05) is 32.8 Å². The van der Waals surface area contributed by atoms with Crippen LogP contribution in [0.15, 0.2) is 22.7 Å². The molecule has 1 heterocycles. The van der Waals surface area contributed by atoms with Gasteiger partial charge in [-0.05, 0) is 63.3 Å². The molecule has 0 saturated carbocycles. The van der Waals surface area contributed by atoms with Gasteiger partial charge in [0.2, 0.25) is 0 Å². The van der Waals surface area contributed by atoms with E-state index in [9.17, 15) is 4.79 Å². The minimum absolute atomic E-state index is 0.0624. The van der Waals surface area contributed by atoms with Crippen molar-refractivity contribution >= 4 is 44.4 Å². The number of rotatable bonds is 4. The van der Waals surface area contributed by atoms with Crippen molar-refractivity contribution in [3.63, 3.8) is 0 Å². The number of ether oxygens (including phenoxy) is 1. The molecule has 110 valence electrons. The SMILES string of the molecule is CCN1CCOC(CNC(=O)c2cc(I)ccc2Br)C1. The van der Waals surface area contributed by atoms with Crippen molar-refractivity contribution in [2.45, 2.75) is 13.0 Å². The van der Waals surface area contributed by atoms with Gasteiger partial charge in [-0.1, -0.05) is 6.92 Å². The Labute approximate surface area is 141 Å². The first kappa shape index (κ1) is 16.2. The van der Waals surface area contributed by atoms with Crippen molar-refractivity contribution in [3.8, 4) is 0 Å². The summed E-state index contributed by atoms with van der Waals surface area (Å²) in [4.78, 5) is 14.5. The van der Waals surface area contributed by atoms with Gasteiger partial charge in [0.1, 0.15) is 0 Å². The molecule has 0 aromatic heterocycles. The van der Waals surface area contributed by atoms with Gasteiger partial charge in [0.25, 0.3) is 5.91 Å². The van der Waals surface area contributed by atoms with Gasteiger partial charge in [-0.15, -0.1) is 0 Å². The summed E-state index contributed by atoms with van der Waals surface area (Å²) in [6.45, 7) is 6.31. The Morgan fingerprint density at radius 2 is 2.40 bits per heavy atom. The first-order valence-electron chi connectivity index (χ1n) is 6.67. The molecule has 0 spiro atoms. The molecule has 1 N–H and O–H groups in total. The number of carbonyl (C=O) groups excluding carboxylic acids is 1. The van der Waals surface area contributed by atoms with E-state index in [-0.39, 0.29) is 12.0 Å². The van der Waals surface area contributed by atoms with E-state index in [2.05, 4.69) is 55.7 Å². The second-order valence-electron chi connectivity index (χ2n) is 4.72. The van der Waals surface area contributed by atoms with E-state index in [4.69, 9.17) is 4.74 Å². The number of morpholine rings is 1. The van der Waals surface area contributed by atoms with E-state index in [0.717, 1.165) is 34.3 Å². The summed E-state index contributed by atoms with van der Waals surface area (Å²) >= 11 is 5.62. The summed E-state index contributed by atoms with van der Waals surface area (Å²) in [6.07, 6.45) is 0.0780. The van der Waals surface area contributed by atoms with Crippen molar-refractivity contribution < 1.29 is 9.53 Å². The maximum absolute atomic E-state index is 12.2. The van der Waals surface area contributed by atoms with Gasteiger partial charge in [-0.2, -0.15) is 0 Å². The van der Waals surface area contributed by atoms with Crippen LogP contribution in [0.25, 0.3) is 0 Å². The van der Waals surface area contributed by atoms with Crippen molar-refractivity contribution in [3.05, 3.63) is 31.8 Å². The minimum Gasteiger partial charge on any atom is -0.374 e. The van der Waals surface area contributed by atoms with Gasteiger partial charge in [0.05, 0.1) is 18.3 Å². The zero-order valence-corrected chi connectivity index (χ0v) is 15.1. The molecule has 1 aromatic carbocycles. The first-order valence-corrected chi connectivity index (χ1v) is 8.54. The molecule has 1 fully saturated rings. The number of hydrogen-bond acceptors (Lipinski definition) is 3. The lowest BCUT2D eigenvalue weighted by molar-refractivity contribution is -0.0246. The minimum atomic E-state index is -0.0624. The molecule has 1 atom stereocenters. The third-order valence-electron chi connectivity index (χ3n) is 3.33. The van der Waals surface area contributed by atoms with Gasteiger partial charge in [0.15, 0.2) is 0 Å². The van der Waals surface area contributed by atoms with Crippen molar-refractivity contribution in [1.29, 1.82) is 0 Å². The summed E-state index contributed by atoms with van der Waals surface area (Å²) in [5.74, 6) is -0.0624. The lowest BCUT2D eigenvalue weighted by atomic mass is 10.2. The smallest absolute Gasteiger partial charge is 0.252 e. The molecule has 0 radical (unpaired) electrons. The number of benzene rings is 1. The number of hydrogen-bond donors (Lipinski definition) is 1. The second kappa shape index (κ2) is 7.72. The number of amides is 1. The quantitative estimate of drug-likeness (QED) is 0.713. The Bertz CT molecular complexity index is 484. The fourth-order valence-corrected chi connectivity index (χ4v) is 3.08. The van der Waals surface area contributed by atoms with Gasteiger partial charge in [0, 0.05) is 27.7 Å². The van der Waals surface area contributed by atoms with Crippen molar-refractivity contribution in [1.82, 2.24) is 10.2 Å². The lowest BCUT2D eigenvalue weighted by Crippen LogP contribution is -2.47. The Balaban J connectivity index is 1.90. The van der Waals surface area contributed by atoms with Gasteiger partial charge in [-0.3, -0.25) is 9.69 Å². The van der Waals surface area contributed by atoms with Crippen LogP contribution in [0.1, 0.15) is 17.3 Å². The molecule has 0 bridgehead atoms. The Morgan fingerprint density at radius 1 is 1.60 bits per heavy atom. The Hall–Kier alpha value is -0.180. The van der Waals surface area contributed by atoms with Crippen molar-refractivity contribution in [2.24, 2.45) is 0 Å². The predicted octanol–water partition coefficient (Wildman–Crippen LogP) is 2.50. The maximum Gasteiger partial charge on any atom is 0.252 e. The highest BCUT2D eigenvalue weighted by molar-refractivity contribution is 14.1. The number of likely N-dealkylation sites (N-methyl/N-ethyl adjacent to an activating group) is 1. The third kappa shape index (κ3) is 4.41. The molecule has 6 heteroatoms. The summed E-state index contributed by atoms with van der Waals surface area (Å²) < 4.78 is 7.54. The van der Waals surface area contributed by atoms with E-state index in [0.29, 0.717) is 12.1 Å². The van der Waals surface area contributed by atoms with E-state index in [1.807, 2.05) is 18.2 Å². The predicted molar refractivity (Wildman–Crippen MR) is 91.0 cm³/mol. The molecule has 1 saturated heterocycles. The Morgan fingerprint density at radius 3 is 3.15 bits per heavy atom. The fourth-order valence-electron chi connectivity index (χ4n) is 2.16. The molecule has 4 nitrogen and oxygen atoms in total. The molecular formula is C14H18BrIN2O2. The third-order valence-corrected chi connectivity index (χ3v) is 4.70. The lowest BCUT2D eigenvalue weighted by Gasteiger charge is -2.32. The average Bonchev–Trinajstić information content (AvgIpc) is 2.47. The molecule has 1 aliphatic heterocycles. The molecule has 1 aromatic rings. The standard InChI is InChI=1S/C14H18BrIN2O2/c1-2-18-5-6-20-11(9-18)8-17-14(19)12-7-10(16)3-4-13(12)15/h3-4,7,11H,2,5-6,8-9H2,1H3,(H,17,19). The summed E-state index contributed by atoms with van der Waals surface area (Å²) in [6, 6.07) is 5.73. The largest absolute Gasteiger partial charge is 0.374 e. The molecule has 2 rings (SSSR count). The summed E-state index contributed by atoms with van der Waals surface area (Å²) in [5, 5.41) is 2.96. The van der Waals surface area contributed by atoms with Crippen LogP contribution in [0.5, 0.6) is 0 Å². The monoisotopic (exact) mass is 452 g/mol. The molecule has 20 heavy (non-hydrogen) atoms. The molecule has 0 aliphatic carbocycles. The van der Waals surface area contributed by atoms with E-state index < -0.39 is 0 Å². The van der Waals surface area contributed by atoms with Crippen LogP contribution in [-0.2, 0) is 4.74 Å². The van der Waals surface area contributed by atoms with Gasteiger partial charge in [-0.25, -0.2) is 0 Å². The van der Waals surface area contributed by atoms with Crippen LogP contribution in [0.2, 0.25) is 0 Å². The maximum atomic E-state index is 12.2. The topological polar surface area (TPSA) is 41.6 Å². The highest BCUT2D eigenvalue weighted by Crippen LogP contribution is 2.19. The zero-order valence-electron chi connectivity index (χ0n) is 11.4. The first-order chi connectivity index (χ1) is 9.60. The van der Waals surface area contributed by atoms with Crippen LogP contribution in [0, 0.1) is 3.57 Å². The highest BCUT2D eigenvalue weighted by atomic mass is 127. The van der Waals surface area contributed by atoms with Crippen LogP contribution in [0.3, 0.4) is 0 Å². The normalized spacial score (nSPS) is 19.9. The van der Waals surface area contributed by atoms with Crippen LogP contribution in [-0.4, -0.2) is 49.7 Å². The number of nitrogens with zero attached hydrogens (tertiary/aromatic N) is 1. The average molecular weight is 453 g/mol. The van der Waals surface area contributed by atoms with Crippen LogP contribution in [0.4, 0.5) is 0 Å². The number of nitrogens with one attached hydrogen (secondary N) is 1. The van der Waals surface area contributed by atoms with E-state index in [1.54, 1.807) is 0 Å². The second-order valence-corrected chi connectivity index (χ2v) is 6.82. The molecule has 1 amide bonds. The van der Waals surface area contributed by atoms with Crippen LogP contribution >= 0.6 is 38.5 Å². The molecule has 1 aliphatic rings. The molecule has 1 unspecified atom stereocenters. The summed E-state index contributed by atoms with van der Waals surface area (Å²) in [5.41, 5.74) is 0.667. The molecular weight excluding hydrogens is 435 g/mol. The number of carbonyl (C=O) groups is 1. The summed E-state index contributed by atoms with van der Waals surface area (Å²) in [7, 11) is 0. The van der Waals surface area contributed by atoms with Crippen LogP contribution < -0.4 is 5.32 Å². The van der Waals surface area contributed by atoms with E-state index >= 15 is 0 Å². The fraction of sp³-hybridized carbons (Fsp3) is 0.500. The zero-order chi connectivity index (χ0) is 14.5. The van der Waals surface area contributed by atoms with E-state index in [1.165, 1.54) is 0 Å². The van der Waals surface area contributed by atoms with Gasteiger partial charge >= 0.3 is 0 Å². The van der Waals surface area contributed by atoms with Gasteiger partial charge < -0.3 is 10.1 Å².